The van der Waals surface area contributed by atoms with Gasteiger partial charge in [0.15, 0.2) is 0 Å². The fourth-order valence-electron chi connectivity index (χ4n) is 1.35. The molecule has 0 radical (unpaired) electrons. The lowest BCUT2D eigenvalue weighted by molar-refractivity contribution is -0.131. The molecule has 0 spiro atoms. The highest BCUT2D eigenvalue weighted by Gasteiger charge is 2.20. The van der Waals surface area contributed by atoms with Crippen LogP contribution in [0.25, 0.3) is 11.0 Å². The maximum absolute atomic E-state index is 11.7. The summed E-state index contributed by atoms with van der Waals surface area (Å²) in [5, 5.41) is 8.69. The van der Waals surface area contributed by atoms with Gasteiger partial charge in [-0.1, -0.05) is 12.1 Å². The molecule has 0 aliphatic heterocycles. The highest BCUT2D eigenvalue weighted by molar-refractivity contribution is 6.39. The smallest absolute Gasteiger partial charge is 0.377 e. The molecule has 0 aliphatic carbocycles. The largest absolute Gasteiger partial charge is 0.475 e. The van der Waals surface area contributed by atoms with Gasteiger partial charge in [-0.15, -0.1) is 0 Å². The van der Waals surface area contributed by atoms with Crippen molar-refractivity contribution < 1.29 is 19.1 Å². The number of rotatable bonds is 2. The Morgan fingerprint density at radius 1 is 1.19 bits per heavy atom. The molecule has 80 valence electrons. The topological polar surface area (TPSA) is 84.6 Å². The first-order valence-electron chi connectivity index (χ1n) is 4.39. The number of carboxylic acids is 1. The minimum absolute atomic E-state index is 0.189. The number of aliphatic carboxylic acids is 1. The lowest BCUT2D eigenvalue weighted by Gasteiger charge is -1.98. The number of fused-ring (bicyclic) bond motifs is 1. The Hall–Kier alpha value is -2.43. The highest BCUT2D eigenvalue weighted by atomic mass is 16.4. The molecule has 0 amide bonds. The van der Waals surface area contributed by atoms with Crippen LogP contribution in [0.15, 0.2) is 39.7 Å². The molecular formula is C11H6O5. The van der Waals surface area contributed by atoms with Crippen molar-refractivity contribution in [1.82, 2.24) is 0 Å². The number of hydrogen-bond donors (Lipinski definition) is 1. The molecular weight excluding hydrogens is 212 g/mol. The fraction of sp³-hybridized carbons (Fsp3) is 0. The average Bonchev–Trinajstić information content (AvgIpc) is 2.29. The zero-order valence-corrected chi connectivity index (χ0v) is 7.97. The minimum Gasteiger partial charge on any atom is -0.475 e. The number of carbonyl (C=O) groups is 2. The third-order valence-corrected chi connectivity index (χ3v) is 2.12. The summed E-state index contributed by atoms with van der Waals surface area (Å²) in [5.41, 5.74) is -0.783. The Kier molecular flexibility index (Phi) is 2.28. The van der Waals surface area contributed by atoms with E-state index >= 15 is 0 Å². The molecule has 1 aromatic carbocycles. The lowest BCUT2D eigenvalue weighted by atomic mass is 10.1. The number of ketones is 1. The molecule has 0 atom stereocenters. The summed E-state index contributed by atoms with van der Waals surface area (Å²) in [4.78, 5) is 33.3. The molecule has 0 bridgehead atoms. The van der Waals surface area contributed by atoms with Crippen molar-refractivity contribution >= 4 is 22.7 Å². The van der Waals surface area contributed by atoms with Gasteiger partial charge in [-0.05, 0) is 12.1 Å². The SMILES string of the molecule is O=C(O)C(=O)c1coc2ccccc2c1=O. The zero-order valence-electron chi connectivity index (χ0n) is 7.97. The van der Waals surface area contributed by atoms with Crippen molar-refractivity contribution in [2.24, 2.45) is 0 Å². The van der Waals surface area contributed by atoms with Crippen LogP contribution in [-0.2, 0) is 4.79 Å². The molecule has 5 heteroatoms. The standard InChI is InChI=1S/C11H6O5/c12-9-6-3-1-2-4-8(6)16-5-7(9)10(13)11(14)15/h1-5H,(H,14,15). The average molecular weight is 218 g/mol. The molecule has 0 fully saturated rings. The van der Waals surface area contributed by atoms with Gasteiger partial charge in [0.25, 0.3) is 5.78 Å². The number of para-hydroxylation sites is 1. The second-order valence-electron chi connectivity index (χ2n) is 3.11. The van der Waals surface area contributed by atoms with Gasteiger partial charge in [-0.2, -0.15) is 0 Å². The van der Waals surface area contributed by atoms with Crippen LogP contribution in [0.5, 0.6) is 0 Å². The molecule has 2 rings (SSSR count). The van der Waals surface area contributed by atoms with Crippen LogP contribution in [0.1, 0.15) is 10.4 Å². The predicted octanol–water partition coefficient (Wildman–Crippen LogP) is 1.06. The third-order valence-electron chi connectivity index (χ3n) is 2.12. The van der Waals surface area contributed by atoms with Crippen LogP contribution in [-0.4, -0.2) is 16.9 Å². The third kappa shape index (κ3) is 1.48. The monoisotopic (exact) mass is 218 g/mol. The van der Waals surface area contributed by atoms with Crippen molar-refractivity contribution in [1.29, 1.82) is 0 Å². The van der Waals surface area contributed by atoms with E-state index in [1.165, 1.54) is 6.07 Å². The summed E-state index contributed by atoms with van der Waals surface area (Å²) in [6.45, 7) is 0. The molecule has 1 N–H and O–H groups in total. The Morgan fingerprint density at radius 2 is 1.88 bits per heavy atom. The number of carboxylic acid groups (broad SMARTS) is 1. The van der Waals surface area contributed by atoms with E-state index in [1.807, 2.05) is 0 Å². The molecule has 0 saturated carbocycles. The highest BCUT2D eigenvalue weighted by Crippen LogP contribution is 2.10. The molecule has 0 saturated heterocycles. The summed E-state index contributed by atoms with van der Waals surface area (Å²) >= 11 is 0. The van der Waals surface area contributed by atoms with Crippen LogP contribution >= 0.6 is 0 Å². The molecule has 16 heavy (non-hydrogen) atoms. The van der Waals surface area contributed by atoms with E-state index in [9.17, 15) is 14.4 Å². The summed E-state index contributed by atoms with van der Waals surface area (Å²) < 4.78 is 5.01. The maximum Gasteiger partial charge on any atom is 0.377 e. The second-order valence-corrected chi connectivity index (χ2v) is 3.11. The number of benzene rings is 1. The van der Waals surface area contributed by atoms with Gasteiger partial charge in [-0.3, -0.25) is 9.59 Å². The first-order chi connectivity index (χ1) is 7.61. The normalized spacial score (nSPS) is 10.2. The van der Waals surface area contributed by atoms with Gasteiger partial charge in [0.05, 0.1) is 5.39 Å². The van der Waals surface area contributed by atoms with Crippen LogP contribution in [0.4, 0.5) is 0 Å². The molecule has 1 heterocycles. The fourth-order valence-corrected chi connectivity index (χ4v) is 1.35. The first kappa shape index (κ1) is 10.1. The van der Waals surface area contributed by atoms with Gasteiger partial charge < -0.3 is 9.52 Å². The summed E-state index contributed by atoms with van der Waals surface area (Å²) in [6, 6.07) is 6.31. The van der Waals surface area contributed by atoms with Crippen LogP contribution < -0.4 is 5.43 Å². The van der Waals surface area contributed by atoms with Gasteiger partial charge in [0.2, 0.25) is 5.43 Å². The van der Waals surface area contributed by atoms with E-state index in [0.717, 1.165) is 6.26 Å². The van der Waals surface area contributed by atoms with E-state index in [-0.39, 0.29) is 5.39 Å². The van der Waals surface area contributed by atoms with Crippen LogP contribution in [0.3, 0.4) is 0 Å². The van der Waals surface area contributed by atoms with E-state index in [1.54, 1.807) is 18.2 Å². The molecule has 0 unspecified atom stereocenters. The summed E-state index contributed by atoms with van der Waals surface area (Å²) in [7, 11) is 0. The second kappa shape index (κ2) is 3.62. The van der Waals surface area contributed by atoms with Gasteiger partial charge in [0, 0.05) is 0 Å². The first-order valence-corrected chi connectivity index (χ1v) is 4.39. The Morgan fingerprint density at radius 3 is 2.56 bits per heavy atom. The summed E-state index contributed by atoms with van der Waals surface area (Å²) in [5.74, 6) is -2.94. The minimum atomic E-state index is -1.68. The molecule has 5 nitrogen and oxygen atoms in total. The molecule has 0 aliphatic rings. The molecule has 2 aromatic rings. The van der Waals surface area contributed by atoms with E-state index in [4.69, 9.17) is 9.52 Å². The van der Waals surface area contributed by atoms with Crippen molar-refractivity contribution in [3.8, 4) is 0 Å². The number of Topliss-reactive ketones (excluding diaryl/α,β-unsaturated/α-hetero) is 1. The van der Waals surface area contributed by atoms with E-state index in [2.05, 4.69) is 0 Å². The Labute approximate surface area is 88.9 Å². The van der Waals surface area contributed by atoms with Gasteiger partial charge >= 0.3 is 5.97 Å². The van der Waals surface area contributed by atoms with Crippen molar-refractivity contribution in [3.05, 3.63) is 46.3 Å². The van der Waals surface area contributed by atoms with Crippen LogP contribution in [0.2, 0.25) is 0 Å². The van der Waals surface area contributed by atoms with Crippen LogP contribution in [0, 0.1) is 0 Å². The van der Waals surface area contributed by atoms with Crippen molar-refractivity contribution in [2.45, 2.75) is 0 Å². The summed E-state index contributed by atoms with van der Waals surface area (Å²) in [6.07, 6.45) is 0.876. The maximum atomic E-state index is 11.7. The Balaban J connectivity index is 2.75. The quantitative estimate of drug-likeness (QED) is 0.601. The lowest BCUT2D eigenvalue weighted by Crippen LogP contribution is -2.21. The van der Waals surface area contributed by atoms with E-state index in [0.29, 0.717) is 5.58 Å². The zero-order chi connectivity index (χ0) is 11.7. The van der Waals surface area contributed by atoms with Crippen molar-refractivity contribution in [2.75, 3.05) is 0 Å². The predicted molar refractivity (Wildman–Crippen MR) is 54.5 cm³/mol. The van der Waals surface area contributed by atoms with Crippen molar-refractivity contribution in [3.63, 3.8) is 0 Å². The van der Waals surface area contributed by atoms with E-state index < -0.39 is 22.7 Å². The number of hydrogen-bond acceptors (Lipinski definition) is 4. The van der Waals surface area contributed by atoms with Gasteiger partial charge in [-0.25, -0.2) is 4.79 Å². The van der Waals surface area contributed by atoms with Gasteiger partial charge in [0.1, 0.15) is 17.4 Å². The molecule has 1 aromatic heterocycles. The Bertz CT molecular complexity index is 638. The number of carbonyl (C=O) groups excluding carboxylic acids is 1.